The summed E-state index contributed by atoms with van der Waals surface area (Å²) in [5.74, 6) is 0.449. The third-order valence-electron chi connectivity index (χ3n) is 5.09. The highest BCUT2D eigenvalue weighted by atomic mass is 16.5. The van der Waals surface area contributed by atoms with Gasteiger partial charge in [0.15, 0.2) is 0 Å². The van der Waals surface area contributed by atoms with Crippen LogP contribution in [0, 0.1) is 17.3 Å². The predicted molar refractivity (Wildman–Crippen MR) is 78.9 cm³/mol. The standard InChI is InChI=1S/C16H27NO4/c1-12-4-3-5-13(8-12)9-14(18)17-7-6-16(10-17,11-21-2)15(19)20/h12-13H,3-11H2,1-2H3,(H,19,20). The normalized spacial score (nSPS) is 33.1. The van der Waals surface area contributed by atoms with Gasteiger partial charge < -0.3 is 14.7 Å². The number of carbonyl (C=O) groups is 2. The highest BCUT2D eigenvalue weighted by Crippen LogP contribution is 2.34. The number of amides is 1. The monoisotopic (exact) mass is 297 g/mol. The maximum Gasteiger partial charge on any atom is 0.313 e. The van der Waals surface area contributed by atoms with Crippen LogP contribution in [0.15, 0.2) is 0 Å². The molecule has 2 fully saturated rings. The molecule has 3 unspecified atom stereocenters. The zero-order valence-corrected chi connectivity index (χ0v) is 13.1. The summed E-state index contributed by atoms with van der Waals surface area (Å²) in [6.07, 6.45) is 5.80. The van der Waals surface area contributed by atoms with Crippen molar-refractivity contribution in [2.45, 2.75) is 45.4 Å². The Balaban J connectivity index is 1.90. The van der Waals surface area contributed by atoms with Gasteiger partial charge in [-0.1, -0.05) is 19.8 Å². The molecular weight excluding hydrogens is 270 g/mol. The second kappa shape index (κ2) is 6.77. The molecule has 1 amide bonds. The number of rotatable bonds is 5. The molecule has 5 heteroatoms. The number of methoxy groups -OCH3 is 1. The lowest BCUT2D eigenvalue weighted by Gasteiger charge is -2.28. The van der Waals surface area contributed by atoms with E-state index < -0.39 is 11.4 Å². The van der Waals surface area contributed by atoms with E-state index in [2.05, 4.69) is 6.92 Å². The van der Waals surface area contributed by atoms with Gasteiger partial charge in [-0.3, -0.25) is 9.59 Å². The largest absolute Gasteiger partial charge is 0.481 e. The number of carboxylic acid groups (broad SMARTS) is 1. The lowest BCUT2D eigenvalue weighted by Crippen LogP contribution is -2.40. The molecule has 1 saturated carbocycles. The quantitative estimate of drug-likeness (QED) is 0.844. The molecule has 5 nitrogen and oxygen atoms in total. The van der Waals surface area contributed by atoms with E-state index >= 15 is 0 Å². The number of aliphatic carboxylic acids is 1. The van der Waals surface area contributed by atoms with Crippen molar-refractivity contribution in [1.82, 2.24) is 4.90 Å². The van der Waals surface area contributed by atoms with Crippen molar-refractivity contribution in [2.24, 2.45) is 17.3 Å². The number of likely N-dealkylation sites (tertiary alicyclic amines) is 1. The van der Waals surface area contributed by atoms with E-state index in [-0.39, 0.29) is 19.1 Å². The van der Waals surface area contributed by atoms with Crippen molar-refractivity contribution in [3.05, 3.63) is 0 Å². The average Bonchev–Trinajstić information content (AvgIpc) is 2.85. The second-order valence-electron chi connectivity index (χ2n) is 6.93. The van der Waals surface area contributed by atoms with Gasteiger partial charge in [0.25, 0.3) is 0 Å². The number of hydrogen-bond donors (Lipinski definition) is 1. The molecular formula is C16H27NO4. The Morgan fingerprint density at radius 2 is 2.14 bits per heavy atom. The molecule has 120 valence electrons. The first-order valence-electron chi connectivity index (χ1n) is 7.97. The van der Waals surface area contributed by atoms with E-state index in [1.807, 2.05) is 0 Å². The molecule has 2 rings (SSSR count). The molecule has 0 aromatic carbocycles. The van der Waals surface area contributed by atoms with E-state index in [0.29, 0.717) is 31.2 Å². The molecule has 0 aromatic rings. The van der Waals surface area contributed by atoms with E-state index in [0.717, 1.165) is 12.8 Å². The summed E-state index contributed by atoms with van der Waals surface area (Å²) in [7, 11) is 1.51. The number of carboxylic acids is 1. The van der Waals surface area contributed by atoms with Gasteiger partial charge in [0.05, 0.1) is 6.61 Å². The molecule has 0 radical (unpaired) electrons. The molecule has 3 atom stereocenters. The van der Waals surface area contributed by atoms with Crippen molar-refractivity contribution in [3.8, 4) is 0 Å². The van der Waals surface area contributed by atoms with Gasteiger partial charge in [-0.05, 0) is 31.1 Å². The van der Waals surface area contributed by atoms with Gasteiger partial charge in [-0.15, -0.1) is 0 Å². The first kappa shape index (κ1) is 16.3. The number of nitrogens with zero attached hydrogens (tertiary/aromatic N) is 1. The van der Waals surface area contributed by atoms with Crippen LogP contribution in [-0.2, 0) is 14.3 Å². The van der Waals surface area contributed by atoms with Crippen LogP contribution >= 0.6 is 0 Å². The second-order valence-corrected chi connectivity index (χ2v) is 6.93. The topological polar surface area (TPSA) is 66.8 Å². The van der Waals surface area contributed by atoms with E-state index in [1.165, 1.54) is 20.0 Å². The molecule has 2 aliphatic rings. The van der Waals surface area contributed by atoms with Crippen LogP contribution in [0.2, 0.25) is 0 Å². The average molecular weight is 297 g/mol. The molecule has 1 heterocycles. The minimum Gasteiger partial charge on any atom is -0.481 e. The van der Waals surface area contributed by atoms with Crippen molar-refractivity contribution in [2.75, 3.05) is 26.8 Å². The molecule has 1 aliphatic heterocycles. The Morgan fingerprint density at radius 3 is 2.76 bits per heavy atom. The highest BCUT2D eigenvalue weighted by molar-refractivity contribution is 5.81. The molecule has 0 bridgehead atoms. The summed E-state index contributed by atoms with van der Waals surface area (Å²) < 4.78 is 5.06. The third kappa shape index (κ3) is 3.76. The van der Waals surface area contributed by atoms with Gasteiger partial charge in [-0.2, -0.15) is 0 Å². The molecule has 1 saturated heterocycles. The zero-order chi connectivity index (χ0) is 15.5. The Morgan fingerprint density at radius 1 is 1.38 bits per heavy atom. The fraction of sp³-hybridized carbons (Fsp3) is 0.875. The van der Waals surface area contributed by atoms with Crippen molar-refractivity contribution in [3.63, 3.8) is 0 Å². The van der Waals surface area contributed by atoms with Crippen molar-refractivity contribution in [1.29, 1.82) is 0 Å². The predicted octanol–water partition coefficient (Wildman–Crippen LogP) is 2.15. The van der Waals surface area contributed by atoms with Gasteiger partial charge in [-0.25, -0.2) is 0 Å². The first-order chi connectivity index (χ1) is 9.97. The van der Waals surface area contributed by atoms with Crippen LogP contribution in [-0.4, -0.2) is 48.7 Å². The van der Waals surface area contributed by atoms with Crippen LogP contribution in [0.3, 0.4) is 0 Å². The summed E-state index contributed by atoms with van der Waals surface area (Å²) in [5.41, 5.74) is -0.912. The summed E-state index contributed by atoms with van der Waals surface area (Å²) in [6, 6.07) is 0. The summed E-state index contributed by atoms with van der Waals surface area (Å²) in [6.45, 7) is 3.25. The zero-order valence-electron chi connectivity index (χ0n) is 13.1. The Labute approximate surface area is 126 Å². The lowest BCUT2D eigenvalue weighted by molar-refractivity contribution is -0.151. The fourth-order valence-electron chi connectivity index (χ4n) is 3.84. The van der Waals surface area contributed by atoms with Gasteiger partial charge >= 0.3 is 5.97 Å². The number of ether oxygens (including phenoxy) is 1. The minimum atomic E-state index is -0.912. The Bertz CT molecular complexity index is 398. The van der Waals surface area contributed by atoms with E-state index in [4.69, 9.17) is 4.74 Å². The molecule has 21 heavy (non-hydrogen) atoms. The smallest absolute Gasteiger partial charge is 0.313 e. The fourth-order valence-corrected chi connectivity index (χ4v) is 3.84. The summed E-state index contributed by atoms with van der Waals surface area (Å²) in [4.78, 5) is 25.7. The maximum absolute atomic E-state index is 12.4. The molecule has 1 N–H and O–H groups in total. The van der Waals surface area contributed by atoms with Crippen LogP contribution < -0.4 is 0 Å². The molecule has 0 aromatic heterocycles. The Kier molecular flexibility index (Phi) is 5.25. The molecule has 1 aliphatic carbocycles. The van der Waals surface area contributed by atoms with E-state index in [9.17, 15) is 14.7 Å². The SMILES string of the molecule is COCC1(C(=O)O)CCN(C(=O)CC2CCCC(C)C2)C1. The first-order valence-corrected chi connectivity index (χ1v) is 7.97. The summed E-state index contributed by atoms with van der Waals surface area (Å²) >= 11 is 0. The summed E-state index contributed by atoms with van der Waals surface area (Å²) in [5, 5.41) is 9.43. The van der Waals surface area contributed by atoms with Crippen LogP contribution in [0.4, 0.5) is 0 Å². The van der Waals surface area contributed by atoms with Crippen LogP contribution in [0.25, 0.3) is 0 Å². The Hall–Kier alpha value is -1.10. The van der Waals surface area contributed by atoms with Crippen molar-refractivity contribution >= 4 is 11.9 Å². The maximum atomic E-state index is 12.4. The minimum absolute atomic E-state index is 0.119. The number of hydrogen-bond acceptors (Lipinski definition) is 3. The van der Waals surface area contributed by atoms with Gasteiger partial charge in [0.1, 0.15) is 5.41 Å². The van der Waals surface area contributed by atoms with Gasteiger partial charge in [0, 0.05) is 26.6 Å². The highest BCUT2D eigenvalue weighted by Gasteiger charge is 2.46. The van der Waals surface area contributed by atoms with Crippen LogP contribution in [0.5, 0.6) is 0 Å². The van der Waals surface area contributed by atoms with Gasteiger partial charge in [0.2, 0.25) is 5.91 Å². The molecule has 0 spiro atoms. The van der Waals surface area contributed by atoms with Crippen LogP contribution in [0.1, 0.15) is 45.4 Å². The van der Waals surface area contributed by atoms with E-state index in [1.54, 1.807) is 4.90 Å². The number of carbonyl (C=O) groups excluding carboxylic acids is 1. The van der Waals surface area contributed by atoms with Crippen molar-refractivity contribution < 1.29 is 19.4 Å². The lowest BCUT2D eigenvalue weighted by atomic mass is 9.80. The third-order valence-corrected chi connectivity index (χ3v) is 5.09.